The summed E-state index contributed by atoms with van der Waals surface area (Å²) in [5.74, 6) is -2.46. The van der Waals surface area contributed by atoms with Gasteiger partial charge in [0.15, 0.2) is 0 Å². The van der Waals surface area contributed by atoms with Crippen LogP contribution in [0.4, 0.5) is 9.18 Å². The molecule has 1 aromatic carbocycles. The molecule has 0 aliphatic carbocycles. The number of amides is 2. The lowest BCUT2D eigenvalue weighted by molar-refractivity contribution is -0.151. The lowest BCUT2D eigenvalue weighted by atomic mass is 10.00. The van der Waals surface area contributed by atoms with Crippen LogP contribution in [0.3, 0.4) is 0 Å². The van der Waals surface area contributed by atoms with Crippen LogP contribution in [0, 0.1) is 11.7 Å². The summed E-state index contributed by atoms with van der Waals surface area (Å²) in [6.45, 7) is 8.45. The zero-order valence-corrected chi connectivity index (χ0v) is 17.2. The topological polar surface area (TPSA) is 95.9 Å². The number of ether oxygens (including phenoxy) is 1. The Labute approximate surface area is 164 Å². The molecule has 0 aliphatic rings. The number of rotatable bonds is 7. The summed E-state index contributed by atoms with van der Waals surface area (Å²) in [7, 11) is 1.38. The van der Waals surface area contributed by atoms with Gasteiger partial charge in [-0.15, -0.1) is 0 Å². The number of carboxylic acids is 1. The fourth-order valence-electron chi connectivity index (χ4n) is 2.79. The third kappa shape index (κ3) is 7.17. The van der Waals surface area contributed by atoms with Crippen LogP contribution >= 0.6 is 0 Å². The van der Waals surface area contributed by atoms with Gasteiger partial charge in [-0.1, -0.05) is 26.0 Å². The van der Waals surface area contributed by atoms with E-state index in [1.54, 1.807) is 34.6 Å². The number of aliphatic carboxylic acids is 1. The van der Waals surface area contributed by atoms with Gasteiger partial charge in [0.2, 0.25) is 5.91 Å². The number of likely N-dealkylation sites (N-methyl/N-ethyl adjacent to an activating group) is 1. The molecule has 2 unspecified atom stereocenters. The summed E-state index contributed by atoms with van der Waals surface area (Å²) in [5, 5.41) is 12.0. The Hall–Kier alpha value is -2.64. The summed E-state index contributed by atoms with van der Waals surface area (Å²) in [4.78, 5) is 37.9. The summed E-state index contributed by atoms with van der Waals surface area (Å²) in [6.07, 6.45) is -0.731. The molecule has 1 aromatic rings. The molecule has 1 rings (SSSR count). The summed E-state index contributed by atoms with van der Waals surface area (Å²) in [5.41, 5.74) is -0.151. The number of hydrogen-bond acceptors (Lipinski definition) is 4. The van der Waals surface area contributed by atoms with Gasteiger partial charge in [-0.2, -0.15) is 0 Å². The molecule has 0 fully saturated rings. The molecule has 2 N–H and O–H groups in total. The molecule has 0 radical (unpaired) electrons. The van der Waals surface area contributed by atoms with E-state index in [9.17, 15) is 23.9 Å². The van der Waals surface area contributed by atoms with Crippen molar-refractivity contribution in [3.63, 3.8) is 0 Å². The molecule has 0 heterocycles. The van der Waals surface area contributed by atoms with E-state index in [0.717, 1.165) is 4.90 Å². The molecule has 0 saturated carbocycles. The van der Waals surface area contributed by atoms with Crippen molar-refractivity contribution in [3.8, 4) is 0 Å². The van der Waals surface area contributed by atoms with Gasteiger partial charge in [-0.25, -0.2) is 14.0 Å². The molecule has 0 aromatic heterocycles. The minimum atomic E-state index is -1.14. The molecule has 2 atom stereocenters. The Morgan fingerprint density at radius 3 is 2.14 bits per heavy atom. The first-order valence-corrected chi connectivity index (χ1v) is 9.05. The second-order valence-electron chi connectivity index (χ2n) is 8.01. The van der Waals surface area contributed by atoms with Crippen molar-refractivity contribution in [2.45, 2.75) is 58.7 Å². The van der Waals surface area contributed by atoms with Gasteiger partial charge in [0.25, 0.3) is 0 Å². The van der Waals surface area contributed by atoms with Gasteiger partial charge in [-0.05, 0) is 44.4 Å². The SMILES string of the molecule is CC(C)C(C(=O)O)N(C)C(=O)C(Cc1ccc(F)cc1)NC(=O)OC(C)(C)C. The second-order valence-corrected chi connectivity index (χ2v) is 8.01. The Bertz CT molecular complexity index is 698. The molecule has 7 nitrogen and oxygen atoms in total. The van der Waals surface area contributed by atoms with Crippen LogP contribution in [0.15, 0.2) is 24.3 Å². The average Bonchev–Trinajstić information content (AvgIpc) is 2.53. The highest BCUT2D eigenvalue weighted by atomic mass is 19.1. The number of carboxylic acid groups (broad SMARTS) is 1. The van der Waals surface area contributed by atoms with Crippen molar-refractivity contribution in [2.24, 2.45) is 5.92 Å². The van der Waals surface area contributed by atoms with E-state index in [0.29, 0.717) is 5.56 Å². The van der Waals surface area contributed by atoms with E-state index >= 15 is 0 Å². The van der Waals surface area contributed by atoms with Crippen molar-refractivity contribution in [1.29, 1.82) is 0 Å². The van der Waals surface area contributed by atoms with E-state index in [4.69, 9.17) is 4.74 Å². The second kappa shape index (κ2) is 9.52. The number of carbonyl (C=O) groups is 3. The van der Waals surface area contributed by atoms with Gasteiger partial charge in [0.1, 0.15) is 23.5 Å². The zero-order valence-electron chi connectivity index (χ0n) is 17.2. The maximum atomic E-state index is 13.2. The maximum Gasteiger partial charge on any atom is 0.408 e. The minimum Gasteiger partial charge on any atom is -0.480 e. The number of hydrogen-bond donors (Lipinski definition) is 2. The average molecular weight is 396 g/mol. The van der Waals surface area contributed by atoms with E-state index in [2.05, 4.69) is 5.32 Å². The molecular weight excluding hydrogens is 367 g/mol. The lowest BCUT2D eigenvalue weighted by Gasteiger charge is -2.31. The summed E-state index contributed by atoms with van der Waals surface area (Å²) >= 11 is 0. The number of halogens is 1. The zero-order chi connectivity index (χ0) is 21.6. The highest BCUT2D eigenvalue weighted by Crippen LogP contribution is 2.15. The molecule has 0 aliphatic heterocycles. The van der Waals surface area contributed by atoms with E-state index in [1.165, 1.54) is 31.3 Å². The molecule has 0 saturated heterocycles. The van der Waals surface area contributed by atoms with E-state index < -0.39 is 41.5 Å². The third-order valence-corrected chi connectivity index (χ3v) is 3.99. The van der Waals surface area contributed by atoms with Crippen LogP contribution in [0.25, 0.3) is 0 Å². The van der Waals surface area contributed by atoms with Crippen molar-refractivity contribution < 1.29 is 28.6 Å². The van der Waals surface area contributed by atoms with E-state index in [-0.39, 0.29) is 12.3 Å². The minimum absolute atomic E-state index is 0.0626. The van der Waals surface area contributed by atoms with Crippen molar-refractivity contribution in [3.05, 3.63) is 35.6 Å². The normalized spacial score (nSPS) is 13.6. The van der Waals surface area contributed by atoms with Crippen LogP contribution in [0.5, 0.6) is 0 Å². The maximum absolute atomic E-state index is 13.2. The molecule has 156 valence electrons. The van der Waals surface area contributed by atoms with Crippen LogP contribution in [-0.4, -0.2) is 52.7 Å². The van der Waals surface area contributed by atoms with Crippen molar-refractivity contribution in [2.75, 3.05) is 7.05 Å². The number of nitrogens with one attached hydrogen (secondary N) is 1. The van der Waals surface area contributed by atoms with E-state index in [1.807, 2.05) is 0 Å². The Morgan fingerprint density at radius 1 is 1.18 bits per heavy atom. The number of benzene rings is 1. The highest BCUT2D eigenvalue weighted by molar-refractivity contribution is 5.89. The number of carbonyl (C=O) groups excluding carboxylic acids is 2. The van der Waals surface area contributed by atoms with Crippen LogP contribution in [-0.2, 0) is 20.7 Å². The van der Waals surface area contributed by atoms with Gasteiger partial charge in [-0.3, -0.25) is 4.79 Å². The smallest absolute Gasteiger partial charge is 0.408 e. The fourth-order valence-corrected chi connectivity index (χ4v) is 2.79. The number of alkyl carbamates (subject to hydrolysis) is 1. The van der Waals surface area contributed by atoms with Crippen LogP contribution in [0.1, 0.15) is 40.2 Å². The molecule has 0 bridgehead atoms. The fraction of sp³-hybridized carbons (Fsp3) is 0.550. The highest BCUT2D eigenvalue weighted by Gasteiger charge is 2.34. The molecule has 28 heavy (non-hydrogen) atoms. The molecule has 8 heteroatoms. The Kier molecular flexibility index (Phi) is 7.96. The largest absolute Gasteiger partial charge is 0.480 e. The van der Waals surface area contributed by atoms with Crippen LogP contribution in [0.2, 0.25) is 0 Å². The molecule has 0 spiro atoms. The van der Waals surface area contributed by atoms with Gasteiger partial charge >= 0.3 is 12.1 Å². The quantitative estimate of drug-likeness (QED) is 0.739. The van der Waals surface area contributed by atoms with Gasteiger partial charge in [0.05, 0.1) is 0 Å². The number of nitrogens with zero attached hydrogens (tertiary/aromatic N) is 1. The van der Waals surface area contributed by atoms with Gasteiger partial charge in [0, 0.05) is 13.5 Å². The molecule has 2 amide bonds. The van der Waals surface area contributed by atoms with Crippen molar-refractivity contribution >= 4 is 18.0 Å². The first-order valence-electron chi connectivity index (χ1n) is 9.05. The third-order valence-electron chi connectivity index (χ3n) is 3.99. The van der Waals surface area contributed by atoms with Crippen LogP contribution < -0.4 is 5.32 Å². The van der Waals surface area contributed by atoms with Crippen molar-refractivity contribution in [1.82, 2.24) is 10.2 Å². The Morgan fingerprint density at radius 2 is 1.71 bits per heavy atom. The summed E-state index contributed by atoms with van der Waals surface area (Å²) in [6, 6.07) is 3.40. The predicted octanol–water partition coefficient (Wildman–Crippen LogP) is 2.83. The molecular formula is C20H29FN2O5. The monoisotopic (exact) mass is 396 g/mol. The standard InChI is InChI=1S/C20H29FN2O5/c1-12(2)16(18(25)26)23(6)17(24)15(22-19(27)28-20(3,4)5)11-13-7-9-14(21)10-8-13/h7-10,12,15-16H,11H2,1-6H3,(H,22,27)(H,25,26). The lowest BCUT2D eigenvalue weighted by Crippen LogP contribution is -2.55. The first kappa shape index (κ1) is 23.4. The summed E-state index contributed by atoms with van der Waals surface area (Å²) < 4.78 is 18.4. The predicted molar refractivity (Wildman–Crippen MR) is 102 cm³/mol. The first-order chi connectivity index (χ1) is 12.8. The van der Waals surface area contributed by atoms with Gasteiger partial charge < -0.3 is 20.1 Å². The Balaban J connectivity index is 3.09.